The summed E-state index contributed by atoms with van der Waals surface area (Å²) in [4.78, 5) is 4.62. The summed E-state index contributed by atoms with van der Waals surface area (Å²) in [5, 5.41) is 14.3. The van der Waals surface area contributed by atoms with Crippen molar-refractivity contribution < 1.29 is 22.8 Å². The number of anilines is 2. The lowest BCUT2D eigenvalue weighted by molar-refractivity contribution is 0.387. The topological polar surface area (TPSA) is 150 Å². The van der Waals surface area contributed by atoms with E-state index < -0.39 is 28.0 Å². The summed E-state index contributed by atoms with van der Waals surface area (Å²) in [6, 6.07) is 1.57. The number of nitrogens with one attached hydrogen (secondary N) is 2. The molecule has 0 aliphatic rings. The van der Waals surface area contributed by atoms with Crippen LogP contribution in [0.15, 0.2) is 25.1 Å². The summed E-state index contributed by atoms with van der Waals surface area (Å²) in [6.45, 7) is 7.79. The molecule has 28 heavy (non-hydrogen) atoms. The maximum absolute atomic E-state index is 11.9. The molecule has 3 N–H and O–H groups in total. The van der Waals surface area contributed by atoms with Crippen molar-refractivity contribution in [1.29, 1.82) is 0 Å². The number of aromatic hydroxyl groups is 1. The average molecular weight is 444 g/mol. The van der Waals surface area contributed by atoms with Crippen molar-refractivity contribution in [3.63, 3.8) is 0 Å². The van der Waals surface area contributed by atoms with Crippen LogP contribution in [0.3, 0.4) is 0 Å². The molecule has 0 saturated carbocycles. The number of aromatic amines is 1. The third kappa shape index (κ3) is 4.20. The molecule has 0 aromatic carbocycles. The predicted molar refractivity (Wildman–Crippen MR) is 105 cm³/mol. The van der Waals surface area contributed by atoms with Gasteiger partial charge in [0.1, 0.15) is 21.8 Å². The molecule has 3 heterocycles. The highest BCUT2D eigenvalue weighted by Crippen LogP contribution is 2.37. The summed E-state index contributed by atoms with van der Waals surface area (Å²) >= 11 is -3.44. The minimum absolute atomic E-state index is 0.0820. The third-order valence-electron chi connectivity index (χ3n) is 4.10. The van der Waals surface area contributed by atoms with Crippen LogP contribution in [0.25, 0.3) is 0 Å². The van der Waals surface area contributed by atoms with Gasteiger partial charge < -0.3 is 23.9 Å². The molecule has 0 bridgehead atoms. The number of aromatic nitrogens is 2. The third-order valence-corrected chi connectivity index (χ3v) is 6.77. The van der Waals surface area contributed by atoms with Crippen LogP contribution in [0, 0.1) is 19.8 Å². The number of hydrogen-bond acceptors (Lipinski definition) is 9. The first-order valence-corrected chi connectivity index (χ1v) is 11.3. The van der Waals surface area contributed by atoms with E-state index in [0.717, 1.165) is 22.7 Å². The summed E-state index contributed by atoms with van der Waals surface area (Å²) in [5.74, 6) is 1.28. The second-order valence-electron chi connectivity index (χ2n) is 6.49. The van der Waals surface area contributed by atoms with Gasteiger partial charge in [0.25, 0.3) is 0 Å². The monoisotopic (exact) mass is 443 g/mol. The van der Waals surface area contributed by atoms with E-state index in [9.17, 15) is 18.4 Å². The number of aryl methyl sites for hydroxylation is 2. The average Bonchev–Trinajstić information content (AvgIpc) is 3.24. The molecule has 9 nitrogen and oxygen atoms in total. The number of rotatable bonds is 6. The first-order valence-electron chi connectivity index (χ1n) is 8.26. The van der Waals surface area contributed by atoms with E-state index in [-0.39, 0.29) is 33.2 Å². The van der Waals surface area contributed by atoms with Crippen molar-refractivity contribution in [3.05, 3.63) is 34.0 Å². The Morgan fingerprint density at radius 1 is 1.46 bits per heavy atom. The van der Waals surface area contributed by atoms with Crippen LogP contribution in [0.4, 0.5) is 11.5 Å². The van der Waals surface area contributed by atoms with Gasteiger partial charge in [-0.05, 0) is 42.5 Å². The van der Waals surface area contributed by atoms with Crippen molar-refractivity contribution >= 4 is 45.1 Å². The van der Waals surface area contributed by atoms with Crippen LogP contribution < -0.4 is 10.8 Å². The van der Waals surface area contributed by atoms with Crippen LogP contribution in [0.5, 0.6) is 5.75 Å². The quantitative estimate of drug-likeness (QED) is 0.390. The zero-order valence-corrected chi connectivity index (χ0v) is 18.0. The molecule has 0 fully saturated rings. The molecule has 0 aliphatic carbocycles. The molecule has 2 unspecified atom stereocenters. The van der Waals surface area contributed by atoms with E-state index in [0.29, 0.717) is 5.76 Å². The highest BCUT2D eigenvalue weighted by Gasteiger charge is 2.22. The standard InChI is InChI=1S/C16H20N4O5S3/c1-7(2)12(11-5-8(3)9(4)25-11)18-15-14(19-28(24)20-15)17-10-6-26-16(13(10)21)27(22)23/h5-7,12,21H,1-4H3,(H,17,19)(H,18,20)(H,22,23)/p-1/t12-,28?/m1/s1. The molecule has 152 valence electrons. The summed E-state index contributed by atoms with van der Waals surface area (Å²) in [7, 11) is 0. The van der Waals surface area contributed by atoms with Crippen LogP contribution in [0.1, 0.15) is 37.0 Å². The predicted octanol–water partition coefficient (Wildman–Crippen LogP) is 3.39. The SMILES string of the molecule is Cc1cc([C@H](N=c2[nH][s+]([O-])nc2Nc2csc(S(=O)[O-])c2O)C(C)C)oc1C. The molecule has 3 aromatic rings. The van der Waals surface area contributed by atoms with Gasteiger partial charge in [-0.15, -0.1) is 15.7 Å². The van der Waals surface area contributed by atoms with Crippen molar-refractivity contribution in [3.8, 4) is 5.75 Å². The van der Waals surface area contributed by atoms with Gasteiger partial charge in [0, 0.05) is 9.75 Å². The minimum Gasteiger partial charge on any atom is -0.768 e. The maximum Gasteiger partial charge on any atom is 0.236 e. The Morgan fingerprint density at radius 3 is 2.71 bits per heavy atom. The highest BCUT2D eigenvalue weighted by atomic mass is 32.2. The highest BCUT2D eigenvalue weighted by molar-refractivity contribution is 7.81. The first kappa shape index (κ1) is 20.7. The Labute approximate surface area is 170 Å². The zero-order valence-electron chi connectivity index (χ0n) is 15.5. The number of H-pyrrole nitrogens is 1. The molecular formula is C16H19N4O5S3-. The molecule has 3 atom stereocenters. The van der Waals surface area contributed by atoms with Gasteiger partial charge in [-0.3, -0.25) is 4.21 Å². The fourth-order valence-corrected chi connectivity index (χ4v) is 4.55. The molecule has 12 heteroatoms. The number of hydrogen-bond donors (Lipinski definition) is 3. The van der Waals surface area contributed by atoms with Crippen molar-refractivity contribution in [2.75, 3.05) is 5.32 Å². The summed E-state index contributed by atoms with van der Waals surface area (Å²) in [6.07, 6.45) is 0. The van der Waals surface area contributed by atoms with Crippen LogP contribution in [-0.4, -0.2) is 27.2 Å². The molecule has 0 amide bonds. The van der Waals surface area contributed by atoms with Crippen molar-refractivity contribution in [2.24, 2.45) is 10.9 Å². The Kier molecular flexibility index (Phi) is 6.05. The van der Waals surface area contributed by atoms with Gasteiger partial charge in [-0.1, -0.05) is 13.8 Å². The molecule has 3 aromatic heterocycles. The number of nitrogens with zero attached hydrogens (tertiary/aromatic N) is 2. The summed E-state index contributed by atoms with van der Waals surface area (Å²) in [5.41, 5.74) is 1.39. The zero-order chi connectivity index (χ0) is 20.6. The fourth-order valence-electron chi connectivity index (χ4n) is 2.55. The van der Waals surface area contributed by atoms with Gasteiger partial charge in [0.15, 0.2) is 16.9 Å². The minimum atomic E-state index is -2.56. The van der Waals surface area contributed by atoms with Gasteiger partial charge in [-0.25, -0.2) is 4.99 Å². The lowest BCUT2D eigenvalue weighted by atomic mass is 10.0. The summed E-state index contributed by atoms with van der Waals surface area (Å²) < 4.78 is 46.3. The lowest BCUT2D eigenvalue weighted by Gasteiger charge is -2.13. The number of thiophene rings is 1. The van der Waals surface area contributed by atoms with E-state index in [1.54, 1.807) is 0 Å². The van der Waals surface area contributed by atoms with Crippen LogP contribution in [0.2, 0.25) is 0 Å². The Bertz CT molecular complexity index is 1060. The van der Waals surface area contributed by atoms with Gasteiger partial charge >= 0.3 is 0 Å². The van der Waals surface area contributed by atoms with E-state index in [1.807, 2.05) is 33.8 Å². The molecule has 0 radical (unpaired) electrons. The maximum atomic E-state index is 11.9. The largest absolute Gasteiger partial charge is 0.768 e. The normalized spacial score (nSPS) is 15.2. The van der Waals surface area contributed by atoms with E-state index in [4.69, 9.17) is 4.42 Å². The molecule has 0 spiro atoms. The molecular weight excluding hydrogens is 424 g/mol. The van der Waals surface area contributed by atoms with Crippen molar-refractivity contribution in [2.45, 2.75) is 37.9 Å². The lowest BCUT2D eigenvalue weighted by Crippen LogP contribution is -2.14. The Hall–Kier alpha value is -1.99. The van der Waals surface area contributed by atoms with Crippen LogP contribution in [-0.2, 0) is 11.1 Å². The second-order valence-corrected chi connectivity index (χ2v) is 9.39. The Balaban J connectivity index is 2.01. The molecule has 0 saturated heterocycles. The fraction of sp³-hybridized carbons (Fsp3) is 0.375. The molecule has 3 rings (SSSR count). The first-order chi connectivity index (χ1) is 13.2. The van der Waals surface area contributed by atoms with Crippen molar-refractivity contribution in [1.82, 2.24) is 8.75 Å². The Morgan fingerprint density at radius 2 is 2.18 bits per heavy atom. The van der Waals surface area contributed by atoms with E-state index >= 15 is 0 Å². The molecule has 0 aliphatic heterocycles. The van der Waals surface area contributed by atoms with E-state index in [2.05, 4.69) is 19.1 Å². The number of furan rings is 1. The van der Waals surface area contributed by atoms with E-state index in [1.165, 1.54) is 5.38 Å². The van der Waals surface area contributed by atoms with Gasteiger partial charge in [0.05, 0.1) is 5.69 Å². The van der Waals surface area contributed by atoms with Gasteiger partial charge in [0.2, 0.25) is 11.3 Å². The second kappa shape index (κ2) is 8.17. The smallest absolute Gasteiger partial charge is 0.236 e. The van der Waals surface area contributed by atoms with Gasteiger partial charge in [-0.2, -0.15) is 0 Å². The van der Waals surface area contributed by atoms with Crippen LogP contribution >= 0.6 is 22.5 Å².